The molecule has 0 radical (unpaired) electrons. The lowest BCUT2D eigenvalue weighted by Crippen LogP contribution is -2.35. The van der Waals surface area contributed by atoms with Gasteiger partial charge >= 0.3 is 6.09 Å². The first kappa shape index (κ1) is 10.3. The molecule has 3 heteroatoms. The zero-order valence-corrected chi connectivity index (χ0v) is 9.03. The van der Waals surface area contributed by atoms with Gasteiger partial charge in [-0.1, -0.05) is 18.2 Å². The van der Waals surface area contributed by atoms with Crippen molar-refractivity contribution in [2.24, 2.45) is 11.3 Å². The zero-order chi connectivity index (χ0) is 10.9. The first-order chi connectivity index (χ1) is 7.20. The van der Waals surface area contributed by atoms with Crippen LogP contribution in [-0.2, 0) is 4.74 Å². The fourth-order valence-electron chi connectivity index (χ4n) is 2.77. The van der Waals surface area contributed by atoms with Crippen molar-refractivity contribution < 1.29 is 9.53 Å². The van der Waals surface area contributed by atoms with Crippen molar-refractivity contribution in [2.45, 2.75) is 25.4 Å². The molecule has 0 heterocycles. The van der Waals surface area contributed by atoms with Gasteiger partial charge in [-0.2, -0.15) is 0 Å². The highest BCUT2D eigenvalue weighted by molar-refractivity contribution is 5.67. The van der Waals surface area contributed by atoms with Gasteiger partial charge < -0.3 is 10.1 Å². The van der Waals surface area contributed by atoms with E-state index in [1.807, 2.05) is 6.08 Å². The smallest absolute Gasteiger partial charge is 0.407 e. The first-order valence-electron chi connectivity index (χ1n) is 5.39. The van der Waals surface area contributed by atoms with Crippen LogP contribution in [-0.4, -0.2) is 19.2 Å². The number of amides is 1. The van der Waals surface area contributed by atoms with Crippen LogP contribution >= 0.6 is 0 Å². The molecular formula is C12H17NO2. The van der Waals surface area contributed by atoms with E-state index in [-0.39, 0.29) is 17.6 Å². The van der Waals surface area contributed by atoms with Crippen molar-refractivity contribution in [2.75, 3.05) is 7.05 Å². The summed E-state index contributed by atoms with van der Waals surface area (Å²) in [6, 6.07) is 0. The van der Waals surface area contributed by atoms with Crippen LogP contribution in [0.5, 0.6) is 0 Å². The van der Waals surface area contributed by atoms with Crippen LogP contribution in [0.25, 0.3) is 0 Å². The molecule has 0 aromatic rings. The summed E-state index contributed by atoms with van der Waals surface area (Å²) in [7, 11) is 1.59. The van der Waals surface area contributed by atoms with Crippen molar-refractivity contribution in [3.05, 3.63) is 24.8 Å². The molecule has 2 aliphatic carbocycles. The topological polar surface area (TPSA) is 38.3 Å². The van der Waals surface area contributed by atoms with Gasteiger partial charge in [0.2, 0.25) is 0 Å². The third kappa shape index (κ3) is 1.66. The quantitative estimate of drug-likeness (QED) is 0.721. The summed E-state index contributed by atoms with van der Waals surface area (Å²) in [6.07, 6.45) is 9.00. The predicted octanol–water partition coefficient (Wildman–Crippen LogP) is 2.25. The average molecular weight is 207 g/mol. The molecule has 2 aliphatic rings. The monoisotopic (exact) mass is 207 g/mol. The largest absolute Gasteiger partial charge is 0.445 e. The number of allylic oxidation sites excluding steroid dienone is 2. The Balaban J connectivity index is 2.09. The van der Waals surface area contributed by atoms with Gasteiger partial charge in [0.15, 0.2) is 0 Å². The van der Waals surface area contributed by atoms with E-state index in [0.29, 0.717) is 5.92 Å². The highest BCUT2D eigenvalue weighted by atomic mass is 16.6. The minimum atomic E-state index is -0.329. The predicted molar refractivity (Wildman–Crippen MR) is 58.4 cm³/mol. The zero-order valence-electron chi connectivity index (χ0n) is 9.03. The highest BCUT2D eigenvalue weighted by Crippen LogP contribution is 2.52. The normalized spacial score (nSPS) is 36.6. The van der Waals surface area contributed by atoms with E-state index in [4.69, 9.17) is 4.74 Å². The van der Waals surface area contributed by atoms with E-state index in [0.717, 1.165) is 19.3 Å². The number of ether oxygens (including phenoxy) is 1. The lowest BCUT2D eigenvalue weighted by Gasteiger charge is -2.30. The maximum absolute atomic E-state index is 11.2. The Morgan fingerprint density at radius 1 is 1.80 bits per heavy atom. The Morgan fingerprint density at radius 2 is 2.60 bits per heavy atom. The minimum Gasteiger partial charge on any atom is -0.445 e. The number of hydrogen-bond acceptors (Lipinski definition) is 2. The van der Waals surface area contributed by atoms with Gasteiger partial charge in [0.05, 0.1) is 0 Å². The van der Waals surface area contributed by atoms with Gasteiger partial charge in [0.1, 0.15) is 6.10 Å². The van der Waals surface area contributed by atoms with Crippen LogP contribution < -0.4 is 5.32 Å². The van der Waals surface area contributed by atoms with E-state index >= 15 is 0 Å². The van der Waals surface area contributed by atoms with Crippen LogP contribution in [0.15, 0.2) is 24.8 Å². The molecule has 2 bridgehead atoms. The molecule has 0 saturated heterocycles. The lowest BCUT2D eigenvalue weighted by atomic mass is 9.82. The summed E-state index contributed by atoms with van der Waals surface area (Å²) in [4.78, 5) is 11.2. The van der Waals surface area contributed by atoms with E-state index < -0.39 is 0 Å². The van der Waals surface area contributed by atoms with Gasteiger partial charge in [-0.3, -0.25) is 0 Å². The molecule has 0 spiro atoms. The summed E-state index contributed by atoms with van der Waals surface area (Å²) < 4.78 is 5.40. The Bertz CT molecular complexity index is 311. The van der Waals surface area contributed by atoms with E-state index in [1.54, 1.807) is 7.05 Å². The Morgan fingerprint density at radius 3 is 3.20 bits per heavy atom. The molecule has 0 aromatic carbocycles. The lowest BCUT2D eigenvalue weighted by molar-refractivity contribution is 0.0490. The van der Waals surface area contributed by atoms with Crippen molar-refractivity contribution in [1.82, 2.24) is 5.32 Å². The number of carbonyl (C=O) groups is 1. The summed E-state index contributed by atoms with van der Waals surface area (Å²) >= 11 is 0. The molecular weight excluding hydrogens is 190 g/mol. The van der Waals surface area contributed by atoms with Crippen molar-refractivity contribution in [1.29, 1.82) is 0 Å². The van der Waals surface area contributed by atoms with Crippen LogP contribution in [0, 0.1) is 11.3 Å². The first-order valence-corrected chi connectivity index (χ1v) is 5.39. The van der Waals surface area contributed by atoms with Crippen molar-refractivity contribution >= 4 is 6.09 Å². The van der Waals surface area contributed by atoms with Gasteiger partial charge in [-0.25, -0.2) is 4.79 Å². The third-order valence-corrected chi connectivity index (χ3v) is 3.48. The summed E-state index contributed by atoms with van der Waals surface area (Å²) in [5, 5.41) is 2.50. The Hall–Kier alpha value is -1.25. The molecule has 82 valence electrons. The second kappa shape index (κ2) is 3.72. The molecule has 15 heavy (non-hydrogen) atoms. The molecule has 3 atom stereocenters. The number of fused-ring (bicyclic) bond motifs is 2. The molecule has 2 rings (SSSR count). The standard InChI is InChI=1S/C12H17NO2/c1-3-5-12-6-4-9(8-12)7-10(12)15-11(14)13-2/h3-4,6,9-10H,1,5,7-8H2,2H3,(H,13,14). The fourth-order valence-corrected chi connectivity index (χ4v) is 2.77. The fraction of sp³-hybridized carbons (Fsp3) is 0.583. The number of nitrogens with one attached hydrogen (secondary N) is 1. The number of hydrogen-bond donors (Lipinski definition) is 1. The van der Waals surface area contributed by atoms with E-state index in [9.17, 15) is 4.79 Å². The molecule has 1 saturated carbocycles. The number of carbonyl (C=O) groups excluding carboxylic acids is 1. The molecule has 1 fully saturated rings. The molecule has 0 aliphatic heterocycles. The van der Waals surface area contributed by atoms with Gasteiger partial charge in [0.25, 0.3) is 0 Å². The van der Waals surface area contributed by atoms with Crippen molar-refractivity contribution in [3.8, 4) is 0 Å². The second-order valence-corrected chi connectivity index (χ2v) is 4.43. The summed E-state index contributed by atoms with van der Waals surface area (Å²) in [5.41, 5.74) is 0.0267. The van der Waals surface area contributed by atoms with Gasteiger partial charge in [-0.05, 0) is 25.2 Å². The van der Waals surface area contributed by atoms with E-state index in [1.165, 1.54) is 0 Å². The van der Waals surface area contributed by atoms with Crippen LogP contribution in [0.2, 0.25) is 0 Å². The maximum atomic E-state index is 11.2. The van der Waals surface area contributed by atoms with Gasteiger partial charge in [0, 0.05) is 12.5 Å². The Kier molecular flexibility index (Phi) is 2.55. The summed E-state index contributed by atoms with van der Waals surface area (Å²) in [5.74, 6) is 0.583. The molecule has 3 nitrogen and oxygen atoms in total. The molecule has 3 unspecified atom stereocenters. The SMILES string of the molecule is C=CCC12C=CC(CC1OC(=O)NC)C2. The van der Waals surface area contributed by atoms with Crippen LogP contribution in [0.4, 0.5) is 4.79 Å². The van der Waals surface area contributed by atoms with Crippen LogP contribution in [0.1, 0.15) is 19.3 Å². The second-order valence-electron chi connectivity index (χ2n) is 4.43. The number of rotatable bonds is 3. The highest BCUT2D eigenvalue weighted by Gasteiger charge is 2.49. The minimum absolute atomic E-state index is 0.0189. The maximum Gasteiger partial charge on any atom is 0.407 e. The molecule has 0 aromatic heterocycles. The van der Waals surface area contributed by atoms with Crippen LogP contribution in [0.3, 0.4) is 0 Å². The van der Waals surface area contributed by atoms with E-state index in [2.05, 4.69) is 24.0 Å². The van der Waals surface area contributed by atoms with Gasteiger partial charge in [-0.15, -0.1) is 6.58 Å². The Labute approximate surface area is 90.2 Å². The third-order valence-electron chi connectivity index (χ3n) is 3.48. The number of alkyl carbamates (subject to hydrolysis) is 1. The molecule has 1 N–H and O–H groups in total. The van der Waals surface area contributed by atoms with Crippen molar-refractivity contribution in [3.63, 3.8) is 0 Å². The summed E-state index contributed by atoms with van der Waals surface area (Å²) in [6.45, 7) is 3.78. The average Bonchev–Trinajstić information content (AvgIpc) is 2.75. The molecule has 1 amide bonds.